The topological polar surface area (TPSA) is 29.5 Å². The molecular formula is C18H21NO2. The molecule has 1 amide bonds. The molecule has 1 heterocycles. The first kappa shape index (κ1) is 13.1. The number of amides is 1. The fourth-order valence-corrected chi connectivity index (χ4v) is 3.81. The highest BCUT2D eigenvalue weighted by atomic mass is 16.5. The first-order valence-corrected chi connectivity index (χ1v) is 7.92. The minimum atomic E-state index is 0.211. The van der Waals surface area contributed by atoms with E-state index < -0.39 is 0 Å². The second kappa shape index (κ2) is 5.30. The first-order chi connectivity index (χ1) is 10.3. The summed E-state index contributed by atoms with van der Waals surface area (Å²) in [6.45, 7) is 2.18. The molecule has 3 aliphatic rings. The molecule has 2 aliphatic carbocycles. The number of fused-ring (bicyclic) bond motifs is 2. The van der Waals surface area contributed by atoms with Gasteiger partial charge < -0.3 is 9.64 Å². The van der Waals surface area contributed by atoms with E-state index in [9.17, 15) is 4.79 Å². The van der Waals surface area contributed by atoms with Crippen LogP contribution < -0.4 is 0 Å². The monoisotopic (exact) mass is 283 g/mol. The van der Waals surface area contributed by atoms with Crippen molar-refractivity contribution in [3.63, 3.8) is 0 Å². The Hall–Kier alpha value is -1.61. The summed E-state index contributed by atoms with van der Waals surface area (Å²) in [5.41, 5.74) is 1.19. The van der Waals surface area contributed by atoms with Crippen LogP contribution in [-0.4, -0.2) is 30.0 Å². The molecule has 3 heteroatoms. The van der Waals surface area contributed by atoms with Gasteiger partial charge in [-0.25, -0.2) is 0 Å². The van der Waals surface area contributed by atoms with Crippen molar-refractivity contribution >= 4 is 5.91 Å². The molecule has 3 atom stereocenters. The van der Waals surface area contributed by atoms with Gasteiger partial charge in [-0.15, -0.1) is 0 Å². The van der Waals surface area contributed by atoms with Crippen LogP contribution in [0.5, 0.6) is 0 Å². The Labute approximate surface area is 125 Å². The van der Waals surface area contributed by atoms with Crippen molar-refractivity contribution in [2.24, 2.45) is 17.8 Å². The molecule has 2 fully saturated rings. The van der Waals surface area contributed by atoms with Gasteiger partial charge in [-0.2, -0.15) is 0 Å². The fraction of sp³-hybridized carbons (Fsp3) is 0.500. The molecule has 110 valence electrons. The summed E-state index contributed by atoms with van der Waals surface area (Å²) in [6.07, 6.45) is 7.00. The average molecular weight is 283 g/mol. The van der Waals surface area contributed by atoms with Gasteiger partial charge in [0.1, 0.15) is 0 Å². The number of carbonyl (C=O) groups is 1. The molecule has 1 aromatic rings. The maximum atomic E-state index is 12.5. The van der Waals surface area contributed by atoms with E-state index in [2.05, 4.69) is 24.3 Å². The van der Waals surface area contributed by atoms with E-state index >= 15 is 0 Å². The molecule has 0 unspecified atom stereocenters. The average Bonchev–Trinajstić information content (AvgIpc) is 3.09. The number of ether oxygens (including phenoxy) is 1. The second-order valence-corrected chi connectivity index (χ2v) is 6.55. The maximum absolute atomic E-state index is 12.5. The molecule has 0 radical (unpaired) electrons. The molecule has 1 saturated carbocycles. The van der Waals surface area contributed by atoms with Gasteiger partial charge in [-0.05, 0) is 30.2 Å². The van der Waals surface area contributed by atoms with Gasteiger partial charge >= 0.3 is 0 Å². The molecule has 21 heavy (non-hydrogen) atoms. The van der Waals surface area contributed by atoms with Crippen LogP contribution in [0.4, 0.5) is 0 Å². The Morgan fingerprint density at radius 2 is 1.95 bits per heavy atom. The van der Waals surface area contributed by atoms with Gasteiger partial charge in [0, 0.05) is 19.0 Å². The van der Waals surface area contributed by atoms with Gasteiger partial charge in [0.25, 0.3) is 0 Å². The van der Waals surface area contributed by atoms with Gasteiger partial charge in [-0.3, -0.25) is 4.79 Å². The van der Waals surface area contributed by atoms with Gasteiger partial charge in [0.05, 0.1) is 12.7 Å². The molecule has 4 rings (SSSR count). The highest BCUT2D eigenvalue weighted by Crippen LogP contribution is 2.44. The van der Waals surface area contributed by atoms with E-state index in [0.29, 0.717) is 24.3 Å². The first-order valence-electron chi connectivity index (χ1n) is 7.92. The zero-order valence-corrected chi connectivity index (χ0v) is 12.2. The number of hydrogen-bond acceptors (Lipinski definition) is 2. The minimum absolute atomic E-state index is 0.211. The summed E-state index contributed by atoms with van der Waals surface area (Å²) in [4.78, 5) is 14.5. The van der Waals surface area contributed by atoms with Crippen LogP contribution in [0.1, 0.15) is 18.4 Å². The van der Waals surface area contributed by atoms with Gasteiger partial charge in [0.2, 0.25) is 5.91 Å². The Balaban J connectivity index is 1.24. The predicted molar refractivity (Wildman–Crippen MR) is 80.4 cm³/mol. The lowest BCUT2D eigenvalue weighted by molar-refractivity contribution is -0.151. The lowest BCUT2D eigenvalue weighted by Gasteiger charge is -2.41. The smallest absolute Gasteiger partial charge is 0.226 e. The molecule has 0 N–H and O–H groups in total. The number of rotatable bonds is 4. The van der Waals surface area contributed by atoms with E-state index in [1.165, 1.54) is 12.0 Å². The number of carbonyl (C=O) groups excluding carboxylic acids is 1. The number of hydrogen-bond donors (Lipinski definition) is 0. The van der Waals surface area contributed by atoms with Crippen LogP contribution in [-0.2, 0) is 16.1 Å². The van der Waals surface area contributed by atoms with E-state index in [4.69, 9.17) is 4.74 Å². The second-order valence-electron chi connectivity index (χ2n) is 6.55. The van der Waals surface area contributed by atoms with Gasteiger partial charge in [-0.1, -0.05) is 42.5 Å². The van der Waals surface area contributed by atoms with E-state index in [0.717, 1.165) is 19.5 Å². The highest BCUT2D eigenvalue weighted by Gasteiger charge is 2.44. The Kier molecular flexibility index (Phi) is 3.30. The van der Waals surface area contributed by atoms with E-state index in [1.807, 2.05) is 23.1 Å². The number of nitrogens with zero attached hydrogens (tertiary/aromatic N) is 1. The summed E-state index contributed by atoms with van der Waals surface area (Å²) in [5.74, 6) is 1.77. The summed E-state index contributed by atoms with van der Waals surface area (Å²) in [6, 6.07) is 10.2. The minimum Gasteiger partial charge on any atom is -0.370 e. The third-order valence-corrected chi connectivity index (χ3v) is 5.08. The SMILES string of the molecule is O=C([C@H]1C[C@@H]2C=C[C@H]1C2)N1CC(OCc2ccccc2)C1. The maximum Gasteiger partial charge on any atom is 0.226 e. The van der Waals surface area contributed by atoms with Crippen molar-refractivity contribution in [3.05, 3.63) is 48.0 Å². The summed E-state index contributed by atoms with van der Waals surface area (Å²) in [5, 5.41) is 0. The standard InChI is InChI=1S/C18H21NO2/c20-18(17-9-14-6-7-15(17)8-14)19-10-16(11-19)21-12-13-4-2-1-3-5-13/h1-7,14-17H,8-12H2/t14-,15+,17+/m1/s1. The van der Waals surface area contributed by atoms with Crippen molar-refractivity contribution in [3.8, 4) is 0 Å². The molecule has 1 saturated heterocycles. The molecule has 1 aromatic carbocycles. The number of allylic oxidation sites excluding steroid dienone is 2. The summed E-state index contributed by atoms with van der Waals surface area (Å²) < 4.78 is 5.86. The van der Waals surface area contributed by atoms with Crippen molar-refractivity contribution in [2.45, 2.75) is 25.6 Å². The van der Waals surface area contributed by atoms with Crippen molar-refractivity contribution in [2.75, 3.05) is 13.1 Å². The van der Waals surface area contributed by atoms with Crippen molar-refractivity contribution < 1.29 is 9.53 Å². The Bertz CT molecular complexity index is 548. The summed E-state index contributed by atoms with van der Waals surface area (Å²) in [7, 11) is 0. The molecule has 1 aliphatic heterocycles. The lowest BCUT2D eigenvalue weighted by Crippen LogP contribution is -2.56. The molecule has 3 nitrogen and oxygen atoms in total. The Morgan fingerprint density at radius 3 is 2.62 bits per heavy atom. The zero-order chi connectivity index (χ0) is 14.2. The van der Waals surface area contributed by atoms with E-state index in [1.54, 1.807) is 0 Å². The molecule has 0 spiro atoms. The third-order valence-electron chi connectivity index (χ3n) is 5.08. The van der Waals surface area contributed by atoms with Gasteiger partial charge in [0.15, 0.2) is 0 Å². The van der Waals surface area contributed by atoms with Crippen LogP contribution in [0.2, 0.25) is 0 Å². The molecular weight excluding hydrogens is 262 g/mol. The van der Waals surface area contributed by atoms with E-state index in [-0.39, 0.29) is 12.0 Å². The lowest BCUT2D eigenvalue weighted by atomic mass is 9.91. The van der Waals surface area contributed by atoms with Crippen LogP contribution in [0.25, 0.3) is 0 Å². The summed E-state index contributed by atoms with van der Waals surface area (Å²) >= 11 is 0. The fourth-order valence-electron chi connectivity index (χ4n) is 3.81. The normalized spacial score (nSPS) is 30.7. The molecule has 0 aromatic heterocycles. The predicted octanol–water partition coefficient (Wildman–Crippen LogP) is 2.63. The van der Waals surface area contributed by atoms with Crippen LogP contribution >= 0.6 is 0 Å². The van der Waals surface area contributed by atoms with Crippen LogP contribution in [0.15, 0.2) is 42.5 Å². The number of benzene rings is 1. The Morgan fingerprint density at radius 1 is 1.14 bits per heavy atom. The largest absolute Gasteiger partial charge is 0.370 e. The van der Waals surface area contributed by atoms with Crippen LogP contribution in [0, 0.1) is 17.8 Å². The third kappa shape index (κ3) is 2.51. The zero-order valence-electron chi connectivity index (χ0n) is 12.2. The van der Waals surface area contributed by atoms with Crippen molar-refractivity contribution in [1.82, 2.24) is 4.90 Å². The van der Waals surface area contributed by atoms with Crippen LogP contribution in [0.3, 0.4) is 0 Å². The number of likely N-dealkylation sites (tertiary alicyclic amines) is 1. The highest BCUT2D eigenvalue weighted by molar-refractivity contribution is 5.81. The molecule has 2 bridgehead atoms. The quantitative estimate of drug-likeness (QED) is 0.795. The van der Waals surface area contributed by atoms with Crippen molar-refractivity contribution in [1.29, 1.82) is 0 Å².